The number of benzene rings is 1. The Bertz CT molecular complexity index is 596. The summed E-state index contributed by atoms with van der Waals surface area (Å²) in [5, 5.41) is 6.53. The molecule has 0 aliphatic heterocycles. The van der Waals surface area contributed by atoms with Crippen molar-refractivity contribution in [2.24, 2.45) is 0 Å². The van der Waals surface area contributed by atoms with Crippen molar-refractivity contribution in [1.29, 1.82) is 0 Å². The summed E-state index contributed by atoms with van der Waals surface area (Å²) < 4.78 is 5.18. The molecule has 1 heterocycles. The zero-order valence-corrected chi connectivity index (χ0v) is 13.1. The number of rotatable bonds is 4. The first-order valence-corrected chi connectivity index (χ1v) is 8.16. The monoisotopic (exact) mass is 307 g/mol. The fraction of sp³-hybridized carbons (Fsp3) is 0.375. The van der Waals surface area contributed by atoms with E-state index in [0.29, 0.717) is 11.1 Å². The molecule has 2 nitrogen and oxygen atoms in total. The number of halogens is 1. The van der Waals surface area contributed by atoms with Crippen LogP contribution < -0.4 is 10.1 Å². The second kappa shape index (κ2) is 6.17. The van der Waals surface area contributed by atoms with Crippen molar-refractivity contribution in [3.05, 3.63) is 50.7 Å². The SMILES string of the molecule is COc1ccc(CNC2CCCc3sccc32)cc1Cl. The summed E-state index contributed by atoms with van der Waals surface area (Å²) in [5.74, 6) is 0.730. The molecule has 0 radical (unpaired) electrons. The summed E-state index contributed by atoms with van der Waals surface area (Å²) in [5.41, 5.74) is 2.68. The molecule has 1 aromatic heterocycles. The number of ether oxygens (including phenoxy) is 1. The molecule has 0 bridgehead atoms. The lowest BCUT2D eigenvalue weighted by atomic mass is 9.94. The van der Waals surface area contributed by atoms with Crippen LogP contribution in [-0.4, -0.2) is 7.11 Å². The summed E-state index contributed by atoms with van der Waals surface area (Å²) in [6.07, 6.45) is 3.72. The molecule has 4 heteroatoms. The molecule has 2 aromatic rings. The first-order valence-electron chi connectivity index (χ1n) is 6.90. The lowest BCUT2D eigenvalue weighted by Crippen LogP contribution is -2.23. The molecule has 0 spiro atoms. The largest absolute Gasteiger partial charge is 0.495 e. The maximum Gasteiger partial charge on any atom is 0.137 e. The molecule has 1 atom stereocenters. The zero-order chi connectivity index (χ0) is 13.9. The summed E-state index contributed by atoms with van der Waals surface area (Å²) in [6, 6.07) is 8.71. The molecule has 106 valence electrons. The second-order valence-corrected chi connectivity index (χ2v) is 6.50. The molecule has 1 aliphatic carbocycles. The predicted molar refractivity (Wildman–Crippen MR) is 84.8 cm³/mol. The minimum atomic E-state index is 0.478. The Hall–Kier alpha value is -1.03. The smallest absolute Gasteiger partial charge is 0.137 e. The number of thiophene rings is 1. The van der Waals surface area contributed by atoms with E-state index in [1.54, 1.807) is 12.0 Å². The first-order chi connectivity index (χ1) is 9.78. The number of hydrogen-bond acceptors (Lipinski definition) is 3. The van der Waals surface area contributed by atoms with E-state index in [2.05, 4.69) is 22.8 Å². The van der Waals surface area contributed by atoms with E-state index in [0.717, 1.165) is 12.3 Å². The highest BCUT2D eigenvalue weighted by molar-refractivity contribution is 7.10. The van der Waals surface area contributed by atoms with Crippen molar-refractivity contribution in [2.45, 2.75) is 31.8 Å². The molecule has 0 saturated heterocycles. The van der Waals surface area contributed by atoms with E-state index in [4.69, 9.17) is 16.3 Å². The van der Waals surface area contributed by atoms with Gasteiger partial charge in [0.25, 0.3) is 0 Å². The lowest BCUT2D eigenvalue weighted by Gasteiger charge is -2.24. The molecule has 0 amide bonds. The standard InChI is InChI=1S/C16H18ClNOS/c1-19-15-6-5-11(9-13(15)17)10-18-14-3-2-4-16-12(14)7-8-20-16/h5-9,14,18H,2-4,10H2,1H3. The molecular formula is C16H18ClNOS. The van der Waals surface area contributed by atoms with Gasteiger partial charge in [0, 0.05) is 17.5 Å². The number of methoxy groups -OCH3 is 1. The van der Waals surface area contributed by atoms with Crippen LogP contribution in [0.5, 0.6) is 5.75 Å². The van der Waals surface area contributed by atoms with Gasteiger partial charge < -0.3 is 10.1 Å². The Morgan fingerprint density at radius 2 is 2.30 bits per heavy atom. The van der Waals surface area contributed by atoms with Crippen molar-refractivity contribution in [2.75, 3.05) is 7.11 Å². The van der Waals surface area contributed by atoms with Crippen LogP contribution in [0.1, 0.15) is 34.9 Å². The van der Waals surface area contributed by atoms with Gasteiger partial charge in [-0.15, -0.1) is 11.3 Å². The molecule has 1 aromatic carbocycles. The fourth-order valence-corrected chi connectivity index (χ4v) is 4.03. The van der Waals surface area contributed by atoms with Crippen molar-refractivity contribution in [3.8, 4) is 5.75 Å². The van der Waals surface area contributed by atoms with Gasteiger partial charge >= 0.3 is 0 Å². The van der Waals surface area contributed by atoms with Gasteiger partial charge in [0.05, 0.1) is 12.1 Å². The molecular weight excluding hydrogens is 290 g/mol. The lowest BCUT2D eigenvalue weighted by molar-refractivity contribution is 0.414. The Morgan fingerprint density at radius 3 is 3.10 bits per heavy atom. The Morgan fingerprint density at radius 1 is 1.40 bits per heavy atom. The molecule has 1 N–H and O–H groups in total. The average molecular weight is 308 g/mol. The maximum absolute atomic E-state index is 6.16. The summed E-state index contributed by atoms with van der Waals surface area (Å²) in [7, 11) is 1.64. The third kappa shape index (κ3) is 2.85. The third-order valence-electron chi connectivity index (χ3n) is 3.82. The van der Waals surface area contributed by atoms with E-state index < -0.39 is 0 Å². The van der Waals surface area contributed by atoms with Gasteiger partial charge in [-0.3, -0.25) is 0 Å². The Balaban J connectivity index is 1.67. The van der Waals surface area contributed by atoms with Crippen LogP contribution in [0.2, 0.25) is 5.02 Å². The zero-order valence-electron chi connectivity index (χ0n) is 11.5. The van der Waals surface area contributed by atoms with Crippen molar-refractivity contribution >= 4 is 22.9 Å². The van der Waals surface area contributed by atoms with Gasteiger partial charge in [-0.05, 0) is 54.0 Å². The molecule has 3 rings (SSSR count). The highest BCUT2D eigenvalue weighted by Gasteiger charge is 2.20. The average Bonchev–Trinajstić information content (AvgIpc) is 2.94. The van der Waals surface area contributed by atoms with Crippen LogP contribution in [0, 0.1) is 0 Å². The highest BCUT2D eigenvalue weighted by atomic mass is 35.5. The van der Waals surface area contributed by atoms with Crippen molar-refractivity contribution in [3.63, 3.8) is 0 Å². The van der Waals surface area contributed by atoms with Gasteiger partial charge in [0.1, 0.15) is 5.75 Å². The minimum Gasteiger partial charge on any atom is -0.495 e. The number of aryl methyl sites for hydroxylation is 1. The summed E-state index contributed by atoms with van der Waals surface area (Å²) in [6.45, 7) is 0.837. The van der Waals surface area contributed by atoms with E-state index in [-0.39, 0.29) is 0 Å². The first kappa shape index (κ1) is 13.9. The van der Waals surface area contributed by atoms with Crippen LogP contribution in [0.25, 0.3) is 0 Å². The fourth-order valence-electron chi connectivity index (χ4n) is 2.76. The van der Waals surface area contributed by atoms with Gasteiger partial charge in [-0.2, -0.15) is 0 Å². The number of fused-ring (bicyclic) bond motifs is 1. The molecule has 1 unspecified atom stereocenters. The van der Waals surface area contributed by atoms with E-state index in [1.165, 1.54) is 30.4 Å². The van der Waals surface area contributed by atoms with Crippen LogP contribution in [-0.2, 0) is 13.0 Å². The normalized spacial score (nSPS) is 17.8. The van der Waals surface area contributed by atoms with E-state index in [1.807, 2.05) is 23.5 Å². The molecule has 1 aliphatic rings. The number of nitrogens with one attached hydrogen (secondary N) is 1. The summed E-state index contributed by atoms with van der Waals surface area (Å²) >= 11 is 8.04. The van der Waals surface area contributed by atoms with Crippen LogP contribution in [0.15, 0.2) is 29.6 Å². The number of hydrogen-bond donors (Lipinski definition) is 1. The van der Waals surface area contributed by atoms with E-state index >= 15 is 0 Å². The predicted octanol–water partition coefficient (Wildman–Crippen LogP) is 4.58. The van der Waals surface area contributed by atoms with Gasteiger partial charge in [-0.25, -0.2) is 0 Å². The van der Waals surface area contributed by atoms with Crippen molar-refractivity contribution < 1.29 is 4.74 Å². The van der Waals surface area contributed by atoms with Gasteiger partial charge in [0.2, 0.25) is 0 Å². The van der Waals surface area contributed by atoms with Gasteiger partial charge in [-0.1, -0.05) is 17.7 Å². The maximum atomic E-state index is 6.16. The molecule has 0 fully saturated rings. The van der Waals surface area contributed by atoms with Gasteiger partial charge in [0.15, 0.2) is 0 Å². The quantitative estimate of drug-likeness (QED) is 0.893. The van der Waals surface area contributed by atoms with Crippen LogP contribution >= 0.6 is 22.9 Å². The third-order valence-corrected chi connectivity index (χ3v) is 5.11. The molecule has 0 saturated carbocycles. The highest BCUT2D eigenvalue weighted by Crippen LogP contribution is 2.33. The second-order valence-electron chi connectivity index (χ2n) is 5.09. The molecule has 20 heavy (non-hydrogen) atoms. The van der Waals surface area contributed by atoms with Crippen LogP contribution in [0.4, 0.5) is 0 Å². The van der Waals surface area contributed by atoms with Crippen LogP contribution in [0.3, 0.4) is 0 Å². The Kier molecular flexibility index (Phi) is 4.29. The summed E-state index contributed by atoms with van der Waals surface area (Å²) in [4.78, 5) is 1.54. The van der Waals surface area contributed by atoms with Crippen molar-refractivity contribution in [1.82, 2.24) is 5.32 Å². The Labute approximate surface area is 128 Å². The topological polar surface area (TPSA) is 21.3 Å². The van der Waals surface area contributed by atoms with E-state index in [9.17, 15) is 0 Å². The minimum absolute atomic E-state index is 0.478.